The zero-order valence-corrected chi connectivity index (χ0v) is 17.9. The third-order valence-electron chi connectivity index (χ3n) is 6.26. The monoisotopic (exact) mass is 426 g/mol. The first-order chi connectivity index (χ1) is 15.8. The Hall–Kier alpha value is -3.26. The number of aromatic hydroxyl groups is 1. The van der Waals surface area contributed by atoms with Crippen LogP contribution < -0.4 is 21.5 Å². The van der Waals surface area contributed by atoms with Crippen LogP contribution in [0.15, 0.2) is 18.2 Å². The number of ether oxygens (including phenoxy) is 1. The van der Waals surface area contributed by atoms with E-state index in [1.165, 1.54) is 0 Å². The summed E-state index contributed by atoms with van der Waals surface area (Å²) in [5, 5.41) is 13.5. The molecule has 0 spiro atoms. The number of nitrogens with zero attached hydrogens (tertiary/aromatic N) is 2. The first-order valence-corrected chi connectivity index (χ1v) is 10.2. The Kier molecular flexibility index (Phi) is 4.19. The molecule has 31 heavy (non-hydrogen) atoms. The summed E-state index contributed by atoms with van der Waals surface area (Å²) in [5.74, 6) is -0.199. The number of primary amides is 1. The molecule has 2 aromatic heterocycles. The number of nitrogen functional groups attached to an aromatic ring is 1. The molecule has 8 heteroatoms. The number of likely N-dealkylation sites (N-methyl/N-ethyl adjacent to an activating group) is 1. The summed E-state index contributed by atoms with van der Waals surface area (Å²) in [6, 6.07) is 5.08. The van der Waals surface area contributed by atoms with Crippen LogP contribution in [0.5, 0.6) is 11.6 Å². The van der Waals surface area contributed by atoms with Crippen LogP contribution in [0, 0.1) is 20.8 Å². The molecule has 0 aliphatic heterocycles. The number of benzene rings is 1. The number of aryl methyl sites for hydroxylation is 2. The third-order valence-corrected chi connectivity index (χ3v) is 6.26. The molecule has 1 fully saturated rings. The molecule has 3 aromatic rings. The highest BCUT2D eigenvalue weighted by molar-refractivity contribution is 6.11. The van der Waals surface area contributed by atoms with Crippen molar-refractivity contribution in [1.29, 1.82) is 0 Å². The van der Waals surface area contributed by atoms with E-state index in [-0.39, 0.29) is 23.7 Å². The number of rotatable bonds is 6. The van der Waals surface area contributed by atoms with Crippen LogP contribution in [0.2, 0.25) is 0 Å². The predicted octanol–water partition coefficient (Wildman–Crippen LogP) is 2.86. The van der Waals surface area contributed by atoms with Crippen molar-refractivity contribution in [3.05, 3.63) is 40.5 Å². The van der Waals surface area contributed by atoms with Crippen LogP contribution >= 0.6 is 0 Å². The largest absolute Gasteiger partial charge is 0.508 e. The van der Waals surface area contributed by atoms with E-state index >= 15 is 0 Å². The molecule has 1 amide bonds. The fraction of sp³-hybridized carbons (Fsp3) is 0.391. The molecule has 4 rings (SSSR count). The summed E-state index contributed by atoms with van der Waals surface area (Å²) in [4.78, 5) is 17.0. The van der Waals surface area contributed by atoms with Gasteiger partial charge in [-0.1, -0.05) is 6.07 Å². The van der Waals surface area contributed by atoms with Crippen molar-refractivity contribution in [2.45, 2.75) is 45.6 Å². The molecular formula is C23H29N5O3. The van der Waals surface area contributed by atoms with Crippen LogP contribution in [0.4, 0.5) is 5.82 Å². The molecule has 0 atom stereocenters. The summed E-state index contributed by atoms with van der Waals surface area (Å²) in [5.41, 5.74) is 14.6. The predicted molar refractivity (Wildman–Crippen MR) is 121 cm³/mol. The number of nitrogens with one attached hydrogen (secondary N) is 1. The van der Waals surface area contributed by atoms with E-state index in [0.29, 0.717) is 46.6 Å². The Balaban J connectivity index is 1.85. The molecule has 1 aliphatic rings. The lowest BCUT2D eigenvalue weighted by molar-refractivity contribution is 0.100. The number of nitrogens with two attached hydrogens (primary N) is 2. The number of phenolic OH excluding ortho intramolecular Hbond substituents is 1. The number of aromatic nitrogens is 2. The SMILES string of the molecule is [2H]C([2H])([2H])NC1(COc2nc3c(cc2C)c(C(N)=O)c(N)n3-c2c(C)ccc(O)c2C)CCC1. The van der Waals surface area contributed by atoms with E-state index in [2.05, 4.69) is 10.3 Å². The average molecular weight is 427 g/mol. The number of carbonyl (C=O) groups excluding carboxylic acids is 1. The van der Waals surface area contributed by atoms with Crippen LogP contribution in [-0.2, 0) is 0 Å². The third kappa shape index (κ3) is 3.27. The maximum absolute atomic E-state index is 12.3. The van der Waals surface area contributed by atoms with Gasteiger partial charge >= 0.3 is 0 Å². The van der Waals surface area contributed by atoms with Gasteiger partial charge in [0.15, 0.2) is 5.65 Å². The second-order valence-electron chi connectivity index (χ2n) is 8.36. The Morgan fingerprint density at radius 3 is 2.71 bits per heavy atom. The van der Waals surface area contributed by atoms with Gasteiger partial charge in [-0.15, -0.1) is 0 Å². The minimum absolute atomic E-state index is 0.0775. The van der Waals surface area contributed by atoms with Gasteiger partial charge in [-0.3, -0.25) is 9.36 Å². The molecule has 2 heterocycles. The first-order valence-electron chi connectivity index (χ1n) is 11.7. The summed E-state index contributed by atoms with van der Waals surface area (Å²) >= 11 is 0. The van der Waals surface area contributed by atoms with E-state index < -0.39 is 18.4 Å². The number of hydrogen-bond donors (Lipinski definition) is 4. The van der Waals surface area contributed by atoms with Gasteiger partial charge in [0.05, 0.1) is 16.8 Å². The van der Waals surface area contributed by atoms with Gasteiger partial charge in [-0.05, 0) is 64.7 Å². The normalized spacial score (nSPS) is 16.9. The highest BCUT2D eigenvalue weighted by Crippen LogP contribution is 2.38. The molecule has 0 saturated heterocycles. The molecule has 0 unspecified atom stereocenters. The number of amides is 1. The quantitative estimate of drug-likeness (QED) is 0.480. The highest BCUT2D eigenvalue weighted by atomic mass is 16.5. The number of anilines is 1. The molecule has 0 radical (unpaired) electrons. The van der Waals surface area contributed by atoms with Gasteiger partial charge < -0.3 is 26.6 Å². The Bertz CT molecular complexity index is 1300. The summed E-state index contributed by atoms with van der Waals surface area (Å²) in [7, 11) is 0. The fourth-order valence-corrected chi connectivity index (χ4v) is 4.22. The topological polar surface area (TPSA) is 128 Å². The second kappa shape index (κ2) is 7.46. The van der Waals surface area contributed by atoms with E-state index in [9.17, 15) is 9.90 Å². The van der Waals surface area contributed by atoms with Crippen molar-refractivity contribution < 1.29 is 18.8 Å². The summed E-state index contributed by atoms with van der Waals surface area (Å²) in [6.07, 6.45) is 2.28. The van der Waals surface area contributed by atoms with E-state index in [4.69, 9.17) is 20.3 Å². The molecular weight excluding hydrogens is 394 g/mol. The molecule has 1 saturated carbocycles. The van der Waals surface area contributed by atoms with Gasteiger partial charge in [-0.25, -0.2) is 0 Å². The number of carbonyl (C=O) groups is 1. The van der Waals surface area contributed by atoms with Crippen molar-refractivity contribution in [1.82, 2.24) is 14.9 Å². The van der Waals surface area contributed by atoms with Crippen molar-refractivity contribution >= 4 is 22.8 Å². The lowest BCUT2D eigenvalue weighted by atomic mass is 9.77. The van der Waals surface area contributed by atoms with Crippen molar-refractivity contribution in [3.63, 3.8) is 0 Å². The maximum Gasteiger partial charge on any atom is 0.253 e. The van der Waals surface area contributed by atoms with Crippen molar-refractivity contribution in [2.75, 3.05) is 19.3 Å². The van der Waals surface area contributed by atoms with Gasteiger partial charge in [0.2, 0.25) is 5.88 Å². The smallest absolute Gasteiger partial charge is 0.253 e. The highest BCUT2D eigenvalue weighted by Gasteiger charge is 2.36. The lowest BCUT2D eigenvalue weighted by Crippen LogP contribution is -2.53. The zero-order valence-electron chi connectivity index (χ0n) is 20.9. The van der Waals surface area contributed by atoms with Gasteiger partial charge in [-0.2, -0.15) is 4.98 Å². The van der Waals surface area contributed by atoms with Crippen molar-refractivity contribution in [2.24, 2.45) is 5.73 Å². The Labute approximate surface area is 185 Å². The maximum atomic E-state index is 12.3. The number of fused-ring (bicyclic) bond motifs is 1. The van der Waals surface area contributed by atoms with Crippen LogP contribution in [0.3, 0.4) is 0 Å². The van der Waals surface area contributed by atoms with Gasteiger partial charge in [0.25, 0.3) is 5.91 Å². The Morgan fingerprint density at radius 2 is 2.10 bits per heavy atom. The second-order valence-corrected chi connectivity index (χ2v) is 8.36. The fourth-order valence-electron chi connectivity index (χ4n) is 4.22. The number of phenols is 1. The van der Waals surface area contributed by atoms with Crippen LogP contribution in [-0.4, -0.2) is 39.7 Å². The van der Waals surface area contributed by atoms with E-state index in [0.717, 1.165) is 12.0 Å². The van der Waals surface area contributed by atoms with Crippen LogP contribution in [0.25, 0.3) is 16.7 Å². The average Bonchev–Trinajstić information content (AvgIpc) is 2.97. The molecule has 1 aromatic carbocycles. The van der Waals surface area contributed by atoms with Crippen LogP contribution in [0.1, 0.15) is 50.4 Å². The molecule has 164 valence electrons. The van der Waals surface area contributed by atoms with Gasteiger partial charge in [0, 0.05) is 20.6 Å². The number of pyridine rings is 1. The zero-order chi connectivity index (χ0) is 25.0. The molecule has 8 nitrogen and oxygen atoms in total. The molecule has 0 bridgehead atoms. The summed E-state index contributed by atoms with van der Waals surface area (Å²) < 4.78 is 30.4. The van der Waals surface area contributed by atoms with Crippen molar-refractivity contribution in [3.8, 4) is 17.3 Å². The summed E-state index contributed by atoms with van der Waals surface area (Å²) in [6.45, 7) is 3.26. The van der Waals surface area contributed by atoms with E-state index in [1.807, 2.05) is 6.92 Å². The number of hydrogen-bond acceptors (Lipinski definition) is 6. The van der Waals surface area contributed by atoms with E-state index in [1.54, 1.807) is 36.6 Å². The minimum atomic E-state index is -2.28. The molecule has 1 aliphatic carbocycles. The van der Waals surface area contributed by atoms with Gasteiger partial charge in [0.1, 0.15) is 18.2 Å². The minimum Gasteiger partial charge on any atom is -0.508 e. The lowest BCUT2D eigenvalue weighted by Gasteiger charge is -2.41. The standard InChI is InChI=1S/C23H29N5O3/c1-12-6-7-16(29)14(3)18(12)28-19(24)17(20(25)30)15-10-13(2)22(27-21(15)28)31-11-23(26-4)8-5-9-23/h6-7,10,26,29H,5,8-9,11,24H2,1-4H3,(H2,25,30)/i4D3. The first kappa shape index (κ1) is 17.4. The molecule has 6 N–H and O–H groups in total. The Morgan fingerprint density at radius 1 is 1.35 bits per heavy atom.